The number of carbonyl (C=O) groups is 2. The molecule has 0 bridgehead atoms. The van der Waals surface area contributed by atoms with Crippen LogP contribution in [0.25, 0.3) is 11.3 Å². The maximum absolute atomic E-state index is 14.2. The van der Waals surface area contributed by atoms with Gasteiger partial charge in [-0.3, -0.25) is 14.5 Å². The summed E-state index contributed by atoms with van der Waals surface area (Å²) in [5, 5.41) is 16.8. The Hall–Kier alpha value is -3.63. The maximum Gasteiger partial charge on any atom is 0.273 e. The smallest absolute Gasteiger partial charge is 0.273 e. The van der Waals surface area contributed by atoms with Crippen LogP contribution < -0.4 is 5.32 Å². The number of aromatic nitrogens is 1. The molecule has 2 heterocycles. The summed E-state index contributed by atoms with van der Waals surface area (Å²) in [6.45, 7) is 5.10. The van der Waals surface area contributed by atoms with Crippen molar-refractivity contribution < 1.29 is 28.0 Å². The van der Waals surface area contributed by atoms with Crippen molar-refractivity contribution in [3.05, 3.63) is 77.5 Å². The first-order valence-electron chi connectivity index (χ1n) is 13.1. The normalized spacial score (nSPS) is 19.3. The maximum atomic E-state index is 14.2. The number of hydrogen-bond donors (Lipinski definition) is 2. The molecule has 8 nitrogen and oxygen atoms in total. The predicted molar refractivity (Wildman–Crippen MR) is 142 cm³/mol. The highest BCUT2D eigenvalue weighted by Gasteiger charge is 2.39. The van der Waals surface area contributed by atoms with Gasteiger partial charge in [0, 0.05) is 50.9 Å². The SMILES string of the molecule is C[C@@H](O)[C@H](C)N1CC[C@@H](NC(=O)c2cc(-c3ccc(F)cc3F)on2)[C@H](C(=O)N(C)CCc2ccccc2)C1. The van der Waals surface area contributed by atoms with Crippen molar-refractivity contribution in [1.29, 1.82) is 0 Å². The zero-order valence-electron chi connectivity index (χ0n) is 22.3. The minimum absolute atomic E-state index is 0.00787. The lowest BCUT2D eigenvalue weighted by Crippen LogP contribution is -2.58. The molecule has 1 aliphatic rings. The Morgan fingerprint density at radius 1 is 1.18 bits per heavy atom. The molecular weight excluding hydrogens is 506 g/mol. The molecule has 2 amide bonds. The molecule has 4 rings (SSSR count). The first-order chi connectivity index (χ1) is 18.6. The molecule has 39 heavy (non-hydrogen) atoms. The van der Waals surface area contributed by atoms with E-state index in [9.17, 15) is 23.5 Å². The lowest BCUT2D eigenvalue weighted by molar-refractivity contribution is -0.137. The van der Waals surface area contributed by atoms with Gasteiger partial charge < -0.3 is 19.8 Å². The standard InChI is InChI=1S/C29H34F2N4O4/c1-18(19(2)36)35-14-12-25(23(17-35)29(38)34(3)13-11-20-7-5-4-6-8-20)32-28(37)26-16-27(39-33-26)22-10-9-21(30)15-24(22)31/h4-10,15-16,18-19,23,25,36H,11-14,17H2,1-3H3,(H,32,37)/t18-,19+,23+,25+/m0/s1. The second-order valence-corrected chi connectivity index (χ2v) is 10.1. The number of amides is 2. The number of halogens is 2. The van der Waals surface area contributed by atoms with Crippen molar-refractivity contribution in [2.75, 3.05) is 26.7 Å². The van der Waals surface area contributed by atoms with E-state index in [1.165, 1.54) is 12.1 Å². The summed E-state index contributed by atoms with van der Waals surface area (Å²) in [5.41, 5.74) is 1.03. The summed E-state index contributed by atoms with van der Waals surface area (Å²) in [4.78, 5) is 30.5. The number of piperidine rings is 1. The predicted octanol–water partition coefficient (Wildman–Crippen LogP) is 3.51. The van der Waals surface area contributed by atoms with E-state index in [1.54, 1.807) is 18.9 Å². The van der Waals surface area contributed by atoms with Crippen molar-refractivity contribution >= 4 is 11.8 Å². The van der Waals surface area contributed by atoms with E-state index in [0.29, 0.717) is 32.5 Å². The van der Waals surface area contributed by atoms with Gasteiger partial charge in [0.1, 0.15) is 11.6 Å². The highest BCUT2D eigenvalue weighted by Crippen LogP contribution is 2.26. The van der Waals surface area contributed by atoms with Gasteiger partial charge in [0.2, 0.25) is 5.91 Å². The molecule has 0 aliphatic carbocycles. The number of nitrogens with one attached hydrogen (secondary N) is 1. The lowest BCUT2D eigenvalue weighted by atomic mass is 9.89. The summed E-state index contributed by atoms with van der Waals surface area (Å²) in [7, 11) is 1.75. The number of aliphatic hydroxyl groups is 1. The van der Waals surface area contributed by atoms with Crippen molar-refractivity contribution in [2.24, 2.45) is 5.92 Å². The topological polar surface area (TPSA) is 98.9 Å². The number of nitrogens with zero attached hydrogens (tertiary/aromatic N) is 3. The third-order valence-electron chi connectivity index (χ3n) is 7.45. The quantitative estimate of drug-likeness (QED) is 0.431. The number of rotatable bonds is 9. The molecule has 208 valence electrons. The second kappa shape index (κ2) is 12.5. The molecular formula is C29H34F2N4O4. The fraction of sp³-hybridized carbons (Fsp3) is 0.414. The molecule has 1 fully saturated rings. The molecule has 0 spiro atoms. The van der Waals surface area contributed by atoms with Gasteiger partial charge >= 0.3 is 0 Å². The molecule has 10 heteroatoms. The van der Waals surface area contributed by atoms with Crippen LogP contribution in [0.15, 0.2) is 59.1 Å². The Bertz CT molecular complexity index is 1280. The number of likely N-dealkylation sites (tertiary alicyclic amines) is 1. The summed E-state index contributed by atoms with van der Waals surface area (Å²) in [5.74, 6) is -2.78. The largest absolute Gasteiger partial charge is 0.392 e. The van der Waals surface area contributed by atoms with Gasteiger partial charge in [-0.05, 0) is 44.4 Å². The molecule has 1 aliphatic heterocycles. The fourth-order valence-electron chi connectivity index (χ4n) is 4.85. The van der Waals surface area contributed by atoms with Gasteiger partial charge in [-0.1, -0.05) is 35.5 Å². The summed E-state index contributed by atoms with van der Waals surface area (Å²) >= 11 is 0. The van der Waals surface area contributed by atoms with Gasteiger partial charge in [-0.25, -0.2) is 8.78 Å². The molecule has 2 aromatic carbocycles. The Morgan fingerprint density at radius 3 is 2.62 bits per heavy atom. The molecule has 2 N–H and O–H groups in total. The zero-order chi connectivity index (χ0) is 28.1. The van der Waals surface area contributed by atoms with Crippen LogP contribution in [0.3, 0.4) is 0 Å². The molecule has 0 saturated carbocycles. The van der Waals surface area contributed by atoms with Crippen molar-refractivity contribution in [3.8, 4) is 11.3 Å². The van der Waals surface area contributed by atoms with Gasteiger partial charge in [-0.15, -0.1) is 0 Å². The van der Waals surface area contributed by atoms with E-state index in [1.807, 2.05) is 37.3 Å². The third-order valence-corrected chi connectivity index (χ3v) is 7.45. The highest BCUT2D eigenvalue weighted by molar-refractivity contribution is 5.94. The highest BCUT2D eigenvalue weighted by atomic mass is 19.1. The van der Waals surface area contributed by atoms with Crippen molar-refractivity contribution in [1.82, 2.24) is 20.3 Å². The lowest BCUT2D eigenvalue weighted by Gasteiger charge is -2.42. The average Bonchev–Trinajstić information content (AvgIpc) is 3.42. The Balaban J connectivity index is 1.48. The minimum atomic E-state index is -0.832. The molecule has 3 aromatic rings. The van der Waals surface area contributed by atoms with Crippen LogP contribution in [0.5, 0.6) is 0 Å². The van der Waals surface area contributed by atoms with E-state index < -0.39 is 35.6 Å². The van der Waals surface area contributed by atoms with Gasteiger partial charge in [0.15, 0.2) is 11.5 Å². The second-order valence-electron chi connectivity index (χ2n) is 10.1. The number of benzene rings is 2. The number of aliphatic hydroxyl groups excluding tert-OH is 1. The zero-order valence-corrected chi connectivity index (χ0v) is 22.3. The van der Waals surface area contributed by atoms with E-state index >= 15 is 0 Å². The first kappa shape index (κ1) is 28.4. The first-order valence-corrected chi connectivity index (χ1v) is 13.1. The van der Waals surface area contributed by atoms with Crippen LogP contribution in [-0.4, -0.2) is 76.7 Å². The van der Waals surface area contributed by atoms with Gasteiger partial charge in [0.25, 0.3) is 5.91 Å². The molecule has 4 atom stereocenters. The van der Waals surface area contributed by atoms with Crippen LogP contribution in [0.2, 0.25) is 0 Å². The Kier molecular flexibility index (Phi) is 9.08. The van der Waals surface area contributed by atoms with E-state index in [2.05, 4.69) is 15.4 Å². The van der Waals surface area contributed by atoms with E-state index in [0.717, 1.165) is 17.7 Å². The summed E-state index contributed by atoms with van der Waals surface area (Å²) in [6.07, 6.45) is 0.605. The fourth-order valence-corrected chi connectivity index (χ4v) is 4.85. The minimum Gasteiger partial charge on any atom is -0.392 e. The molecule has 0 radical (unpaired) electrons. The van der Waals surface area contributed by atoms with E-state index in [4.69, 9.17) is 4.52 Å². The van der Waals surface area contributed by atoms with Gasteiger partial charge in [0.05, 0.1) is 17.6 Å². The van der Waals surface area contributed by atoms with Crippen LogP contribution in [0, 0.1) is 17.6 Å². The Morgan fingerprint density at radius 2 is 1.92 bits per heavy atom. The molecule has 1 saturated heterocycles. The third kappa shape index (κ3) is 6.88. The number of carbonyl (C=O) groups excluding carboxylic acids is 2. The number of hydrogen-bond acceptors (Lipinski definition) is 6. The molecule has 1 aromatic heterocycles. The Labute approximate surface area is 226 Å². The van der Waals surface area contributed by atoms with Gasteiger partial charge in [-0.2, -0.15) is 0 Å². The van der Waals surface area contributed by atoms with Crippen LogP contribution in [-0.2, 0) is 11.2 Å². The van der Waals surface area contributed by atoms with Crippen LogP contribution in [0.4, 0.5) is 8.78 Å². The summed E-state index contributed by atoms with van der Waals surface area (Å²) < 4.78 is 32.6. The number of likely N-dealkylation sites (N-methyl/N-ethyl adjacent to an activating group) is 1. The van der Waals surface area contributed by atoms with E-state index in [-0.39, 0.29) is 29.0 Å². The van der Waals surface area contributed by atoms with Crippen molar-refractivity contribution in [3.63, 3.8) is 0 Å². The van der Waals surface area contributed by atoms with Crippen LogP contribution >= 0.6 is 0 Å². The van der Waals surface area contributed by atoms with Crippen molar-refractivity contribution in [2.45, 2.75) is 44.9 Å². The monoisotopic (exact) mass is 540 g/mol. The summed E-state index contributed by atoms with van der Waals surface area (Å²) in [6, 6.07) is 13.6. The average molecular weight is 541 g/mol. The molecule has 0 unspecified atom stereocenters. The van der Waals surface area contributed by atoms with Crippen LogP contribution in [0.1, 0.15) is 36.3 Å².